The SMILES string of the molecule is CNC(=O)Cn1c(-c2ccccc2)cc2ccccc21. The number of carbonyl (C=O) groups is 1. The van der Waals surface area contributed by atoms with Crippen LogP contribution in [-0.4, -0.2) is 17.5 Å². The van der Waals surface area contributed by atoms with Crippen molar-refractivity contribution in [3.05, 3.63) is 60.7 Å². The van der Waals surface area contributed by atoms with Gasteiger partial charge in [0, 0.05) is 23.6 Å². The molecule has 0 aliphatic rings. The zero-order chi connectivity index (χ0) is 13.9. The lowest BCUT2D eigenvalue weighted by Crippen LogP contribution is -2.23. The third-order valence-electron chi connectivity index (χ3n) is 3.46. The number of benzene rings is 2. The van der Waals surface area contributed by atoms with Gasteiger partial charge in [-0.1, -0.05) is 48.5 Å². The van der Waals surface area contributed by atoms with Crippen molar-refractivity contribution in [2.75, 3.05) is 7.05 Å². The highest BCUT2D eigenvalue weighted by Gasteiger charge is 2.12. The quantitative estimate of drug-likeness (QED) is 0.775. The zero-order valence-corrected chi connectivity index (χ0v) is 11.3. The van der Waals surface area contributed by atoms with Gasteiger partial charge in [0.25, 0.3) is 0 Å². The predicted molar refractivity (Wildman–Crippen MR) is 81.4 cm³/mol. The average Bonchev–Trinajstić information content (AvgIpc) is 2.87. The van der Waals surface area contributed by atoms with Gasteiger partial charge in [0.1, 0.15) is 6.54 Å². The Labute approximate surface area is 117 Å². The number of hydrogen-bond donors (Lipinski definition) is 1. The van der Waals surface area contributed by atoms with E-state index in [1.807, 2.05) is 36.4 Å². The van der Waals surface area contributed by atoms with Crippen LogP contribution in [0.3, 0.4) is 0 Å². The van der Waals surface area contributed by atoms with Crippen molar-refractivity contribution in [1.82, 2.24) is 9.88 Å². The highest BCUT2D eigenvalue weighted by atomic mass is 16.1. The smallest absolute Gasteiger partial charge is 0.239 e. The molecular weight excluding hydrogens is 248 g/mol. The molecule has 1 amide bonds. The summed E-state index contributed by atoms with van der Waals surface area (Å²) < 4.78 is 2.06. The molecule has 0 aliphatic carbocycles. The fourth-order valence-corrected chi connectivity index (χ4v) is 2.45. The van der Waals surface area contributed by atoms with Crippen LogP contribution in [0, 0.1) is 0 Å². The van der Waals surface area contributed by atoms with E-state index in [0.717, 1.165) is 22.2 Å². The van der Waals surface area contributed by atoms with Crippen molar-refractivity contribution in [3.8, 4) is 11.3 Å². The molecule has 0 radical (unpaired) electrons. The topological polar surface area (TPSA) is 34.0 Å². The molecule has 0 atom stereocenters. The molecule has 0 aliphatic heterocycles. The molecule has 0 saturated carbocycles. The first kappa shape index (κ1) is 12.5. The van der Waals surface area contributed by atoms with Crippen LogP contribution in [0.1, 0.15) is 0 Å². The number of likely N-dealkylation sites (N-methyl/N-ethyl adjacent to an activating group) is 1. The summed E-state index contributed by atoms with van der Waals surface area (Å²) in [4.78, 5) is 11.8. The van der Waals surface area contributed by atoms with Gasteiger partial charge in [0.05, 0.1) is 0 Å². The third-order valence-corrected chi connectivity index (χ3v) is 3.46. The molecule has 0 bridgehead atoms. The van der Waals surface area contributed by atoms with E-state index in [9.17, 15) is 4.79 Å². The van der Waals surface area contributed by atoms with Crippen molar-refractivity contribution >= 4 is 16.8 Å². The Morgan fingerprint density at radius 1 is 1.05 bits per heavy atom. The van der Waals surface area contributed by atoms with Crippen molar-refractivity contribution in [2.45, 2.75) is 6.54 Å². The summed E-state index contributed by atoms with van der Waals surface area (Å²) in [6.07, 6.45) is 0. The van der Waals surface area contributed by atoms with Crippen LogP contribution < -0.4 is 5.32 Å². The highest BCUT2D eigenvalue weighted by Crippen LogP contribution is 2.27. The maximum Gasteiger partial charge on any atom is 0.239 e. The van der Waals surface area contributed by atoms with Crippen LogP contribution in [0.2, 0.25) is 0 Å². The molecule has 3 nitrogen and oxygen atoms in total. The molecule has 3 heteroatoms. The van der Waals surface area contributed by atoms with E-state index < -0.39 is 0 Å². The van der Waals surface area contributed by atoms with Gasteiger partial charge in [-0.25, -0.2) is 0 Å². The van der Waals surface area contributed by atoms with Crippen molar-refractivity contribution in [3.63, 3.8) is 0 Å². The van der Waals surface area contributed by atoms with Crippen molar-refractivity contribution in [2.24, 2.45) is 0 Å². The Morgan fingerprint density at radius 2 is 1.75 bits per heavy atom. The second kappa shape index (κ2) is 5.21. The van der Waals surface area contributed by atoms with Gasteiger partial charge in [-0.15, -0.1) is 0 Å². The second-order valence-electron chi connectivity index (χ2n) is 4.71. The monoisotopic (exact) mass is 264 g/mol. The van der Waals surface area contributed by atoms with Gasteiger partial charge in [-0.2, -0.15) is 0 Å². The lowest BCUT2D eigenvalue weighted by molar-refractivity contribution is -0.121. The number of nitrogens with one attached hydrogen (secondary N) is 1. The average molecular weight is 264 g/mol. The number of amides is 1. The Hall–Kier alpha value is -2.55. The van der Waals surface area contributed by atoms with Gasteiger partial charge in [-0.3, -0.25) is 4.79 Å². The molecule has 2 aromatic carbocycles. The number of carbonyl (C=O) groups excluding carboxylic acids is 1. The summed E-state index contributed by atoms with van der Waals surface area (Å²) in [6.45, 7) is 0.328. The molecule has 1 aromatic heterocycles. The summed E-state index contributed by atoms with van der Waals surface area (Å²) in [6, 6.07) is 20.4. The van der Waals surface area contributed by atoms with Crippen LogP contribution in [-0.2, 0) is 11.3 Å². The number of hydrogen-bond acceptors (Lipinski definition) is 1. The van der Waals surface area contributed by atoms with E-state index in [0.29, 0.717) is 6.54 Å². The molecule has 0 unspecified atom stereocenters. The van der Waals surface area contributed by atoms with E-state index in [2.05, 4.69) is 34.1 Å². The van der Waals surface area contributed by atoms with Crippen LogP contribution in [0.4, 0.5) is 0 Å². The minimum atomic E-state index is 0.00327. The lowest BCUT2D eigenvalue weighted by atomic mass is 10.1. The van der Waals surface area contributed by atoms with E-state index in [1.165, 1.54) is 0 Å². The van der Waals surface area contributed by atoms with Gasteiger partial charge < -0.3 is 9.88 Å². The van der Waals surface area contributed by atoms with Gasteiger partial charge >= 0.3 is 0 Å². The zero-order valence-electron chi connectivity index (χ0n) is 11.3. The maximum atomic E-state index is 11.8. The number of fused-ring (bicyclic) bond motifs is 1. The molecule has 0 fully saturated rings. The van der Waals surface area contributed by atoms with Crippen LogP contribution in [0.5, 0.6) is 0 Å². The lowest BCUT2D eigenvalue weighted by Gasteiger charge is -2.10. The van der Waals surface area contributed by atoms with E-state index in [-0.39, 0.29) is 5.91 Å². The molecule has 1 N–H and O–H groups in total. The van der Waals surface area contributed by atoms with Gasteiger partial charge in [0.2, 0.25) is 5.91 Å². The van der Waals surface area contributed by atoms with E-state index in [1.54, 1.807) is 7.05 Å². The molecule has 0 saturated heterocycles. The molecule has 3 aromatic rings. The first-order valence-corrected chi connectivity index (χ1v) is 6.64. The standard InChI is InChI=1S/C17H16N2O/c1-18-17(20)12-19-15-10-6-5-9-14(15)11-16(19)13-7-3-2-4-8-13/h2-11H,12H2,1H3,(H,18,20). The largest absolute Gasteiger partial charge is 0.358 e. The van der Waals surface area contributed by atoms with Crippen LogP contribution >= 0.6 is 0 Å². The normalized spacial score (nSPS) is 10.7. The minimum absolute atomic E-state index is 0.00327. The molecule has 1 heterocycles. The Balaban J connectivity index is 2.20. The van der Waals surface area contributed by atoms with Gasteiger partial charge in [0.15, 0.2) is 0 Å². The van der Waals surface area contributed by atoms with Crippen LogP contribution in [0.15, 0.2) is 60.7 Å². The Morgan fingerprint density at radius 3 is 2.50 bits per heavy atom. The summed E-state index contributed by atoms with van der Waals surface area (Å²) in [5.41, 5.74) is 3.26. The maximum absolute atomic E-state index is 11.8. The summed E-state index contributed by atoms with van der Waals surface area (Å²) in [7, 11) is 1.66. The first-order valence-electron chi connectivity index (χ1n) is 6.64. The summed E-state index contributed by atoms with van der Waals surface area (Å²) in [5.74, 6) is 0.00327. The molecule has 100 valence electrons. The number of aromatic nitrogens is 1. The van der Waals surface area contributed by atoms with Crippen molar-refractivity contribution < 1.29 is 4.79 Å². The minimum Gasteiger partial charge on any atom is -0.358 e. The predicted octanol–water partition coefficient (Wildman–Crippen LogP) is 3.05. The first-order chi connectivity index (χ1) is 9.79. The summed E-state index contributed by atoms with van der Waals surface area (Å²) >= 11 is 0. The fraction of sp³-hybridized carbons (Fsp3) is 0.118. The number of nitrogens with zero attached hydrogens (tertiary/aromatic N) is 1. The molecule has 0 spiro atoms. The van der Waals surface area contributed by atoms with E-state index >= 15 is 0 Å². The third kappa shape index (κ3) is 2.18. The van der Waals surface area contributed by atoms with Gasteiger partial charge in [-0.05, 0) is 17.7 Å². The second-order valence-corrected chi connectivity index (χ2v) is 4.71. The van der Waals surface area contributed by atoms with Crippen molar-refractivity contribution in [1.29, 1.82) is 0 Å². The Bertz CT molecular complexity index is 744. The number of rotatable bonds is 3. The Kier molecular flexibility index (Phi) is 3.25. The van der Waals surface area contributed by atoms with Crippen LogP contribution in [0.25, 0.3) is 22.2 Å². The fourth-order valence-electron chi connectivity index (χ4n) is 2.45. The molecular formula is C17H16N2O. The molecule has 3 rings (SSSR count). The number of para-hydroxylation sites is 1. The summed E-state index contributed by atoms with van der Waals surface area (Å²) in [5, 5.41) is 3.84. The molecule has 20 heavy (non-hydrogen) atoms. The highest BCUT2D eigenvalue weighted by molar-refractivity contribution is 5.89. The van der Waals surface area contributed by atoms with E-state index in [4.69, 9.17) is 0 Å².